The molecule has 0 bridgehead atoms. The molecule has 3 aromatic rings. The summed E-state index contributed by atoms with van der Waals surface area (Å²) in [5.41, 5.74) is 2.64. The number of fused-ring (bicyclic) bond motifs is 1. The number of amides is 1. The SMILES string of the molecule is CC1CC(=Nc2ccc(Cl)c(Cl)c2)c2cc(F)ccc2N1C(=O)c1ccc(F)cc1. The summed E-state index contributed by atoms with van der Waals surface area (Å²) in [6.45, 7) is 1.89. The van der Waals surface area contributed by atoms with Crippen molar-refractivity contribution in [1.82, 2.24) is 0 Å². The molecule has 0 N–H and O–H groups in total. The molecule has 152 valence electrons. The van der Waals surface area contributed by atoms with E-state index in [9.17, 15) is 13.6 Å². The molecule has 0 aliphatic carbocycles. The Balaban J connectivity index is 1.79. The second-order valence-corrected chi connectivity index (χ2v) is 7.87. The van der Waals surface area contributed by atoms with Crippen LogP contribution in [0.4, 0.5) is 20.2 Å². The van der Waals surface area contributed by atoms with Gasteiger partial charge < -0.3 is 4.90 Å². The maximum atomic E-state index is 14.1. The number of carbonyl (C=O) groups is 1. The Kier molecular flexibility index (Phi) is 5.58. The number of rotatable bonds is 2. The van der Waals surface area contributed by atoms with E-state index in [0.717, 1.165) is 0 Å². The molecule has 1 unspecified atom stereocenters. The number of benzene rings is 3. The maximum Gasteiger partial charge on any atom is 0.258 e. The van der Waals surface area contributed by atoms with E-state index in [4.69, 9.17) is 23.2 Å². The van der Waals surface area contributed by atoms with Crippen LogP contribution in [-0.4, -0.2) is 17.7 Å². The van der Waals surface area contributed by atoms with Crippen molar-refractivity contribution in [3.05, 3.63) is 93.5 Å². The van der Waals surface area contributed by atoms with Gasteiger partial charge in [-0.25, -0.2) is 8.78 Å². The fourth-order valence-corrected chi connectivity index (χ4v) is 3.82. The molecule has 1 heterocycles. The van der Waals surface area contributed by atoms with Crippen LogP contribution >= 0.6 is 23.2 Å². The molecular formula is C23H16Cl2F2N2O. The molecule has 30 heavy (non-hydrogen) atoms. The van der Waals surface area contributed by atoms with Crippen molar-refractivity contribution in [2.75, 3.05) is 4.90 Å². The number of hydrogen-bond acceptors (Lipinski definition) is 2. The van der Waals surface area contributed by atoms with E-state index in [1.165, 1.54) is 36.4 Å². The quantitative estimate of drug-likeness (QED) is 0.426. The standard InChI is InChI=1S/C23H16Cl2F2N2O/c1-13-10-21(28-17-7-8-19(24)20(25)12-17)18-11-16(27)6-9-22(18)29(13)23(30)14-2-4-15(26)5-3-14/h2-9,11-13H,10H2,1H3. The van der Waals surface area contributed by atoms with Crippen molar-refractivity contribution >= 4 is 46.2 Å². The van der Waals surface area contributed by atoms with Crippen molar-refractivity contribution in [3.63, 3.8) is 0 Å². The zero-order valence-corrected chi connectivity index (χ0v) is 17.4. The second kappa shape index (κ2) is 8.17. The zero-order valence-electron chi connectivity index (χ0n) is 15.9. The monoisotopic (exact) mass is 444 g/mol. The molecule has 0 saturated heterocycles. The lowest BCUT2D eigenvalue weighted by atomic mass is 9.93. The summed E-state index contributed by atoms with van der Waals surface area (Å²) in [6.07, 6.45) is 0.406. The van der Waals surface area contributed by atoms with Crippen LogP contribution < -0.4 is 4.90 Å². The summed E-state index contributed by atoms with van der Waals surface area (Å²) < 4.78 is 27.3. The Bertz CT molecular complexity index is 1160. The Labute approximate surface area is 182 Å². The highest BCUT2D eigenvalue weighted by atomic mass is 35.5. The van der Waals surface area contributed by atoms with Crippen molar-refractivity contribution in [2.24, 2.45) is 4.99 Å². The molecule has 3 aromatic carbocycles. The lowest BCUT2D eigenvalue weighted by Gasteiger charge is -2.36. The Morgan fingerprint density at radius 1 is 0.967 bits per heavy atom. The van der Waals surface area contributed by atoms with Crippen molar-refractivity contribution in [1.29, 1.82) is 0 Å². The Morgan fingerprint density at radius 3 is 2.37 bits per heavy atom. The fraction of sp³-hybridized carbons (Fsp3) is 0.130. The van der Waals surface area contributed by atoms with Crippen LogP contribution in [0.1, 0.15) is 29.3 Å². The lowest BCUT2D eigenvalue weighted by Crippen LogP contribution is -2.44. The van der Waals surface area contributed by atoms with E-state index >= 15 is 0 Å². The number of halogens is 4. The van der Waals surface area contributed by atoms with E-state index in [-0.39, 0.29) is 11.9 Å². The predicted molar refractivity (Wildman–Crippen MR) is 116 cm³/mol. The summed E-state index contributed by atoms with van der Waals surface area (Å²) >= 11 is 12.1. The molecule has 1 aliphatic heterocycles. The first kappa shape index (κ1) is 20.5. The predicted octanol–water partition coefficient (Wildman–Crippen LogP) is 6.83. The second-order valence-electron chi connectivity index (χ2n) is 7.05. The minimum atomic E-state index is -0.431. The van der Waals surface area contributed by atoms with Gasteiger partial charge in [-0.1, -0.05) is 23.2 Å². The topological polar surface area (TPSA) is 32.7 Å². The Morgan fingerprint density at radius 2 is 1.67 bits per heavy atom. The summed E-state index contributed by atoms with van der Waals surface area (Å²) in [4.78, 5) is 19.4. The van der Waals surface area contributed by atoms with E-state index in [2.05, 4.69) is 4.99 Å². The van der Waals surface area contributed by atoms with Crippen molar-refractivity contribution in [3.8, 4) is 0 Å². The molecule has 0 radical (unpaired) electrons. The van der Waals surface area contributed by atoms with Gasteiger partial charge in [-0.15, -0.1) is 0 Å². The van der Waals surface area contributed by atoms with E-state index < -0.39 is 11.6 Å². The van der Waals surface area contributed by atoms with Crippen molar-refractivity contribution in [2.45, 2.75) is 19.4 Å². The molecule has 3 nitrogen and oxygen atoms in total. The minimum Gasteiger partial charge on any atom is -0.305 e. The van der Waals surface area contributed by atoms with Gasteiger partial charge in [0, 0.05) is 23.6 Å². The van der Waals surface area contributed by atoms with Crippen LogP contribution in [0, 0.1) is 11.6 Å². The van der Waals surface area contributed by atoms with Crippen LogP contribution in [0.2, 0.25) is 10.0 Å². The summed E-state index contributed by atoms with van der Waals surface area (Å²) in [5, 5.41) is 0.787. The molecule has 0 aromatic heterocycles. The van der Waals surface area contributed by atoms with Gasteiger partial charge in [-0.3, -0.25) is 9.79 Å². The number of anilines is 1. The van der Waals surface area contributed by atoms with Gasteiger partial charge in [0.25, 0.3) is 5.91 Å². The molecule has 0 fully saturated rings. The van der Waals surface area contributed by atoms with Crippen LogP contribution in [-0.2, 0) is 0 Å². The summed E-state index contributed by atoms with van der Waals surface area (Å²) in [6, 6.07) is 14.3. The van der Waals surface area contributed by atoms with Crippen LogP contribution in [0.25, 0.3) is 0 Å². The van der Waals surface area contributed by atoms with Gasteiger partial charge in [0.2, 0.25) is 0 Å². The lowest BCUT2D eigenvalue weighted by molar-refractivity contribution is 0.0978. The molecule has 0 spiro atoms. The van der Waals surface area contributed by atoms with Gasteiger partial charge >= 0.3 is 0 Å². The van der Waals surface area contributed by atoms with E-state index in [0.29, 0.717) is 44.7 Å². The number of aliphatic imine (C=N–C) groups is 1. The summed E-state index contributed by atoms with van der Waals surface area (Å²) in [5.74, 6) is -1.14. The molecule has 4 rings (SSSR count). The first-order chi connectivity index (χ1) is 14.3. The third-order valence-electron chi connectivity index (χ3n) is 4.94. The zero-order chi connectivity index (χ0) is 21.4. The normalized spacial score (nSPS) is 17.2. The van der Waals surface area contributed by atoms with Crippen LogP contribution in [0.3, 0.4) is 0 Å². The minimum absolute atomic E-state index is 0.248. The molecule has 1 amide bonds. The molecule has 7 heteroatoms. The van der Waals surface area contributed by atoms with Gasteiger partial charge in [0.1, 0.15) is 11.6 Å². The molecule has 1 aliphatic rings. The number of hydrogen-bond donors (Lipinski definition) is 0. The first-order valence-electron chi connectivity index (χ1n) is 9.25. The van der Waals surface area contributed by atoms with Gasteiger partial charge in [0.15, 0.2) is 0 Å². The smallest absolute Gasteiger partial charge is 0.258 e. The van der Waals surface area contributed by atoms with Crippen molar-refractivity contribution < 1.29 is 13.6 Å². The number of nitrogens with zero attached hydrogens (tertiary/aromatic N) is 2. The van der Waals surface area contributed by atoms with Crippen LogP contribution in [0.5, 0.6) is 0 Å². The molecular weight excluding hydrogens is 429 g/mol. The average Bonchev–Trinajstić information content (AvgIpc) is 2.71. The van der Waals surface area contributed by atoms with Gasteiger partial charge in [0.05, 0.1) is 27.1 Å². The van der Waals surface area contributed by atoms with E-state index in [1.54, 1.807) is 29.2 Å². The highest BCUT2D eigenvalue weighted by molar-refractivity contribution is 6.42. The van der Waals surface area contributed by atoms with E-state index in [1.807, 2.05) is 6.92 Å². The molecule has 0 saturated carbocycles. The fourth-order valence-electron chi connectivity index (χ4n) is 3.53. The largest absolute Gasteiger partial charge is 0.305 e. The van der Waals surface area contributed by atoms with Gasteiger partial charge in [-0.05, 0) is 67.6 Å². The average molecular weight is 445 g/mol. The maximum absolute atomic E-state index is 14.1. The highest BCUT2D eigenvalue weighted by Gasteiger charge is 2.32. The molecule has 1 atom stereocenters. The Hall–Kier alpha value is -2.76. The van der Waals surface area contributed by atoms with Crippen LogP contribution in [0.15, 0.2) is 65.7 Å². The number of carbonyl (C=O) groups excluding carboxylic acids is 1. The third kappa shape index (κ3) is 3.95. The summed E-state index contributed by atoms with van der Waals surface area (Å²) in [7, 11) is 0. The third-order valence-corrected chi connectivity index (χ3v) is 5.67. The first-order valence-corrected chi connectivity index (χ1v) is 10.0. The van der Waals surface area contributed by atoms with Gasteiger partial charge in [-0.2, -0.15) is 0 Å². The highest BCUT2D eigenvalue weighted by Crippen LogP contribution is 2.35.